The molecule has 0 bridgehead atoms. The van der Waals surface area contributed by atoms with Crippen molar-refractivity contribution in [3.63, 3.8) is 0 Å². The third-order valence-electron chi connectivity index (χ3n) is 1.10. The predicted molar refractivity (Wildman–Crippen MR) is 36.3 cm³/mol. The molecular formula is C6H7BO2Y2. The van der Waals surface area contributed by atoms with E-state index in [9.17, 15) is 0 Å². The minimum Gasteiger partial charge on any atom is -0.423 e. The number of hydrogen-bond acceptors (Lipinski definition) is 2. The Labute approximate surface area is 117 Å². The van der Waals surface area contributed by atoms with E-state index in [1.807, 2.05) is 6.07 Å². The van der Waals surface area contributed by atoms with Crippen LogP contribution in [0.3, 0.4) is 0 Å². The van der Waals surface area contributed by atoms with Crippen molar-refractivity contribution in [3.8, 4) is 0 Å². The molecule has 0 aromatic heterocycles. The molecule has 0 atom stereocenters. The van der Waals surface area contributed by atoms with E-state index in [1.165, 1.54) is 0 Å². The molecule has 0 heterocycles. The van der Waals surface area contributed by atoms with Crippen LogP contribution in [0.5, 0.6) is 0 Å². The summed E-state index contributed by atoms with van der Waals surface area (Å²) >= 11 is 0. The van der Waals surface area contributed by atoms with Crippen molar-refractivity contribution in [3.05, 3.63) is 30.3 Å². The summed E-state index contributed by atoms with van der Waals surface area (Å²) in [5.41, 5.74) is 0.525. The molecule has 2 N–H and O–H groups in total. The van der Waals surface area contributed by atoms with Gasteiger partial charge in [0.25, 0.3) is 0 Å². The molecule has 0 aliphatic rings. The average Bonchev–Trinajstić information content (AvgIpc) is 1.90. The summed E-state index contributed by atoms with van der Waals surface area (Å²) in [7, 11) is -1.34. The molecule has 1 aromatic rings. The first-order chi connectivity index (χ1) is 4.30. The molecule has 0 fully saturated rings. The van der Waals surface area contributed by atoms with E-state index < -0.39 is 7.12 Å². The molecule has 0 saturated heterocycles. The van der Waals surface area contributed by atoms with E-state index in [-0.39, 0.29) is 65.4 Å². The Balaban J connectivity index is 0. The minimum atomic E-state index is -1.34. The van der Waals surface area contributed by atoms with E-state index in [0.717, 1.165) is 0 Å². The molecule has 0 aliphatic carbocycles. The van der Waals surface area contributed by atoms with Crippen molar-refractivity contribution < 1.29 is 75.5 Å². The van der Waals surface area contributed by atoms with Crippen LogP contribution < -0.4 is 5.46 Å². The monoisotopic (exact) mass is 300 g/mol. The van der Waals surface area contributed by atoms with Gasteiger partial charge in [-0.2, -0.15) is 0 Å². The van der Waals surface area contributed by atoms with Crippen LogP contribution in [0.1, 0.15) is 0 Å². The van der Waals surface area contributed by atoms with Crippen LogP contribution in [-0.2, 0) is 65.4 Å². The van der Waals surface area contributed by atoms with Gasteiger partial charge >= 0.3 is 7.12 Å². The summed E-state index contributed by atoms with van der Waals surface area (Å²) in [6, 6.07) is 8.66. The van der Waals surface area contributed by atoms with Crippen LogP contribution in [-0.4, -0.2) is 17.2 Å². The van der Waals surface area contributed by atoms with Gasteiger partial charge in [0.2, 0.25) is 0 Å². The number of benzene rings is 1. The maximum atomic E-state index is 8.58. The standard InChI is InChI=1S/C6H7BO2.2Y/c8-7(9)6-4-2-1-3-5-6;;/h1-5,8-9H;;. The largest absolute Gasteiger partial charge is 0.488 e. The molecule has 11 heavy (non-hydrogen) atoms. The van der Waals surface area contributed by atoms with Gasteiger partial charge in [-0.15, -0.1) is 0 Å². The van der Waals surface area contributed by atoms with Crippen LogP contribution in [0.4, 0.5) is 0 Å². The van der Waals surface area contributed by atoms with Gasteiger partial charge in [0.15, 0.2) is 0 Å². The van der Waals surface area contributed by atoms with Crippen LogP contribution >= 0.6 is 0 Å². The summed E-state index contributed by atoms with van der Waals surface area (Å²) in [5.74, 6) is 0. The molecule has 1 rings (SSSR count). The maximum Gasteiger partial charge on any atom is 0.488 e. The average molecular weight is 300 g/mol. The minimum absolute atomic E-state index is 0. The van der Waals surface area contributed by atoms with Gasteiger partial charge in [0, 0.05) is 65.4 Å². The van der Waals surface area contributed by atoms with Gasteiger partial charge in [-0.05, 0) is 5.46 Å². The van der Waals surface area contributed by atoms with Crippen molar-refractivity contribution >= 4 is 12.6 Å². The Bertz CT molecular complexity index is 181. The molecule has 0 aliphatic heterocycles. The van der Waals surface area contributed by atoms with Gasteiger partial charge in [0.1, 0.15) is 0 Å². The molecule has 0 amide bonds. The first-order valence-corrected chi connectivity index (χ1v) is 2.72. The zero-order chi connectivity index (χ0) is 6.69. The zero-order valence-electron chi connectivity index (χ0n) is 6.01. The molecule has 2 radical (unpaired) electrons. The zero-order valence-corrected chi connectivity index (χ0v) is 11.7. The van der Waals surface area contributed by atoms with E-state index in [4.69, 9.17) is 10.0 Å². The summed E-state index contributed by atoms with van der Waals surface area (Å²) in [4.78, 5) is 0. The summed E-state index contributed by atoms with van der Waals surface area (Å²) in [6.07, 6.45) is 0. The molecule has 2 nitrogen and oxygen atoms in total. The van der Waals surface area contributed by atoms with E-state index >= 15 is 0 Å². The van der Waals surface area contributed by atoms with Crippen LogP contribution in [0.15, 0.2) is 30.3 Å². The van der Waals surface area contributed by atoms with E-state index in [2.05, 4.69) is 0 Å². The second-order valence-electron chi connectivity index (χ2n) is 1.78. The second kappa shape index (κ2) is 8.03. The fraction of sp³-hybridized carbons (Fsp3) is 0. The first kappa shape index (κ1) is 14.9. The van der Waals surface area contributed by atoms with Crippen LogP contribution in [0.2, 0.25) is 0 Å². The fourth-order valence-electron chi connectivity index (χ4n) is 0.625. The van der Waals surface area contributed by atoms with Gasteiger partial charge in [-0.3, -0.25) is 0 Å². The van der Waals surface area contributed by atoms with E-state index in [0.29, 0.717) is 5.46 Å². The smallest absolute Gasteiger partial charge is 0.423 e. The predicted octanol–water partition coefficient (Wildman–Crippen LogP) is -0.639. The topological polar surface area (TPSA) is 40.5 Å². The molecule has 52 valence electrons. The molecule has 0 unspecified atom stereocenters. The Morgan fingerprint density at radius 2 is 1.36 bits per heavy atom. The van der Waals surface area contributed by atoms with Crippen molar-refractivity contribution in [1.82, 2.24) is 0 Å². The fourth-order valence-corrected chi connectivity index (χ4v) is 0.625. The van der Waals surface area contributed by atoms with Crippen LogP contribution in [0.25, 0.3) is 0 Å². The molecule has 0 saturated carbocycles. The van der Waals surface area contributed by atoms with Gasteiger partial charge in [-0.25, -0.2) is 0 Å². The Morgan fingerprint density at radius 3 is 1.64 bits per heavy atom. The molecular weight excluding hydrogens is 293 g/mol. The number of hydrogen-bond donors (Lipinski definition) is 2. The number of rotatable bonds is 1. The van der Waals surface area contributed by atoms with Gasteiger partial charge < -0.3 is 10.0 Å². The van der Waals surface area contributed by atoms with Gasteiger partial charge in [-0.1, -0.05) is 30.3 Å². The quantitative estimate of drug-likeness (QED) is 0.678. The van der Waals surface area contributed by atoms with Gasteiger partial charge in [0.05, 0.1) is 0 Å². The Kier molecular flexibility index (Phi) is 10.9. The van der Waals surface area contributed by atoms with Crippen molar-refractivity contribution in [2.45, 2.75) is 0 Å². The summed E-state index contributed by atoms with van der Waals surface area (Å²) < 4.78 is 0. The van der Waals surface area contributed by atoms with Crippen molar-refractivity contribution in [2.75, 3.05) is 0 Å². The third-order valence-corrected chi connectivity index (χ3v) is 1.10. The van der Waals surface area contributed by atoms with E-state index in [1.54, 1.807) is 24.3 Å². The van der Waals surface area contributed by atoms with Crippen LogP contribution in [0, 0.1) is 0 Å². The van der Waals surface area contributed by atoms with Crippen molar-refractivity contribution in [1.29, 1.82) is 0 Å². The second-order valence-corrected chi connectivity index (χ2v) is 1.78. The summed E-state index contributed by atoms with van der Waals surface area (Å²) in [5, 5.41) is 17.2. The van der Waals surface area contributed by atoms with Crippen molar-refractivity contribution in [2.24, 2.45) is 0 Å². The molecule has 1 aromatic carbocycles. The normalized spacial score (nSPS) is 7.45. The Hall–Kier alpha value is 1.41. The third kappa shape index (κ3) is 5.62. The molecule has 0 spiro atoms. The summed E-state index contributed by atoms with van der Waals surface area (Å²) in [6.45, 7) is 0. The SMILES string of the molecule is OB(O)c1ccccc1.[Y].[Y]. The Morgan fingerprint density at radius 1 is 0.909 bits per heavy atom. The molecule has 5 heteroatoms. The first-order valence-electron chi connectivity index (χ1n) is 2.72. The maximum absolute atomic E-state index is 8.58.